The summed E-state index contributed by atoms with van der Waals surface area (Å²) in [5.74, 6) is -1.22. The van der Waals surface area contributed by atoms with Crippen molar-refractivity contribution in [3.8, 4) is 22.6 Å². The van der Waals surface area contributed by atoms with Crippen LogP contribution < -0.4 is 14.4 Å². The summed E-state index contributed by atoms with van der Waals surface area (Å²) in [5, 5.41) is 0. The Morgan fingerprint density at radius 2 is 1.26 bits per heavy atom. The fourth-order valence-electron chi connectivity index (χ4n) is 4.94. The van der Waals surface area contributed by atoms with E-state index in [1.807, 2.05) is 72.8 Å². The first-order valence-electron chi connectivity index (χ1n) is 13.2. The van der Waals surface area contributed by atoms with E-state index in [9.17, 15) is 9.59 Å². The van der Waals surface area contributed by atoms with Crippen molar-refractivity contribution in [2.24, 2.45) is 0 Å². The second kappa shape index (κ2) is 11.5. The van der Waals surface area contributed by atoms with Gasteiger partial charge in [-0.05, 0) is 54.3 Å². The van der Waals surface area contributed by atoms with Crippen molar-refractivity contribution in [1.82, 2.24) is 0 Å². The molecule has 5 rings (SSSR count). The standard InChI is InChI=1S/C33H30FNO4/c1-3-11-24-18-27(38-20-22-12-7-5-8-13-22)31(28(19-24)39-21-23-14-9-6-10-15-23)29-25(34)16-17-26-30(29)32(36)33(37)35(26)4-2/h5-10,12-19H,3-4,11,20-21H2,1-2H3. The topological polar surface area (TPSA) is 55.8 Å². The van der Waals surface area contributed by atoms with E-state index in [1.54, 1.807) is 6.92 Å². The van der Waals surface area contributed by atoms with E-state index in [0.29, 0.717) is 29.3 Å². The predicted octanol–water partition coefficient (Wildman–Crippen LogP) is 7.15. The third kappa shape index (κ3) is 5.28. The van der Waals surface area contributed by atoms with Crippen LogP contribution in [0.1, 0.15) is 47.3 Å². The highest BCUT2D eigenvalue weighted by Gasteiger charge is 2.39. The molecule has 0 spiro atoms. The molecule has 0 bridgehead atoms. The smallest absolute Gasteiger partial charge is 0.299 e. The van der Waals surface area contributed by atoms with Crippen LogP contribution in [0.2, 0.25) is 0 Å². The molecule has 0 unspecified atom stereocenters. The molecule has 0 aromatic heterocycles. The first kappa shape index (κ1) is 26.2. The molecule has 4 aromatic rings. The minimum absolute atomic E-state index is 0.0240. The molecule has 0 N–H and O–H groups in total. The zero-order chi connectivity index (χ0) is 27.4. The van der Waals surface area contributed by atoms with E-state index in [4.69, 9.17) is 9.47 Å². The Morgan fingerprint density at radius 3 is 1.77 bits per heavy atom. The van der Waals surface area contributed by atoms with E-state index in [1.165, 1.54) is 17.0 Å². The molecule has 4 aromatic carbocycles. The van der Waals surface area contributed by atoms with Crippen molar-refractivity contribution < 1.29 is 23.5 Å². The third-order valence-electron chi connectivity index (χ3n) is 6.79. The van der Waals surface area contributed by atoms with Crippen LogP contribution in [-0.4, -0.2) is 18.2 Å². The Morgan fingerprint density at radius 1 is 0.692 bits per heavy atom. The summed E-state index contributed by atoms with van der Waals surface area (Å²) in [4.78, 5) is 27.4. The van der Waals surface area contributed by atoms with Gasteiger partial charge in [0.05, 0.1) is 16.8 Å². The molecule has 5 nitrogen and oxygen atoms in total. The van der Waals surface area contributed by atoms with E-state index >= 15 is 4.39 Å². The maximum atomic E-state index is 15.8. The summed E-state index contributed by atoms with van der Waals surface area (Å²) < 4.78 is 28.5. The summed E-state index contributed by atoms with van der Waals surface area (Å²) >= 11 is 0. The summed E-state index contributed by atoms with van der Waals surface area (Å²) in [6.45, 7) is 4.65. The molecular formula is C33H30FNO4. The summed E-state index contributed by atoms with van der Waals surface area (Å²) in [5.41, 5.74) is 3.64. The van der Waals surface area contributed by atoms with Crippen LogP contribution in [0.3, 0.4) is 0 Å². The van der Waals surface area contributed by atoms with Crippen molar-refractivity contribution in [2.45, 2.75) is 39.9 Å². The van der Waals surface area contributed by atoms with Crippen LogP contribution in [0.4, 0.5) is 10.1 Å². The molecule has 0 saturated carbocycles. The number of Topliss-reactive ketones (excluding diaryl/α,β-unsaturated/α-hetero) is 1. The molecule has 39 heavy (non-hydrogen) atoms. The predicted molar refractivity (Wildman–Crippen MR) is 150 cm³/mol. The zero-order valence-electron chi connectivity index (χ0n) is 22.1. The zero-order valence-corrected chi connectivity index (χ0v) is 22.1. The summed E-state index contributed by atoms with van der Waals surface area (Å²) in [6.07, 6.45) is 1.66. The molecule has 0 saturated heterocycles. The maximum absolute atomic E-state index is 15.8. The van der Waals surface area contributed by atoms with Crippen LogP contribution in [0.5, 0.6) is 11.5 Å². The second-order valence-electron chi connectivity index (χ2n) is 9.46. The Bertz CT molecular complexity index is 1440. The van der Waals surface area contributed by atoms with Gasteiger partial charge >= 0.3 is 0 Å². The van der Waals surface area contributed by atoms with Gasteiger partial charge in [0.2, 0.25) is 0 Å². The van der Waals surface area contributed by atoms with Gasteiger partial charge < -0.3 is 14.4 Å². The first-order chi connectivity index (χ1) is 19.0. The molecule has 1 heterocycles. The van der Waals surface area contributed by atoms with Crippen molar-refractivity contribution in [3.63, 3.8) is 0 Å². The van der Waals surface area contributed by atoms with Crippen LogP contribution in [0.15, 0.2) is 84.9 Å². The van der Waals surface area contributed by atoms with E-state index in [2.05, 4.69) is 6.92 Å². The number of carbonyl (C=O) groups excluding carboxylic acids is 2. The average Bonchev–Trinajstić information content (AvgIpc) is 3.21. The molecular weight excluding hydrogens is 493 g/mol. The largest absolute Gasteiger partial charge is 0.488 e. The second-order valence-corrected chi connectivity index (χ2v) is 9.46. The van der Waals surface area contributed by atoms with Gasteiger partial charge in [0.1, 0.15) is 30.5 Å². The molecule has 0 atom stereocenters. The number of fused-ring (bicyclic) bond motifs is 1. The molecule has 1 aliphatic rings. The Hall–Kier alpha value is -4.45. The average molecular weight is 524 g/mol. The molecule has 0 radical (unpaired) electrons. The van der Waals surface area contributed by atoms with E-state index < -0.39 is 17.5 Å². The highest BCUT2D eigenvalue weighted by Crippen LogP contribution is 2.47. The molecule has 198 valence electrons. The number of carbonyl (C=O) groups is 2. The number of amides is 1. The third-order valence-corrected chi connectivity index (χ3v) is 6.79. The molecule has 6 heteroatoms. The van der Waals surface area contributed by atoms with Gasteiger partial charge in [0, 0.05) is 12.1 Å². The lowest BCUT2D eigenvalue weighted by atomic mass is 9.93. The van der Waals surface area contributed by atoms with Crippen LogP contribution >= 0.6 is 0 Å². The number of halogens is 1. The summed E-state index contributed by atoms with van der Waals surface area (Å²) in [6, 6.07) is 25.9. The monoisotopic (exact) mass is 523 g/mol. The number of likely N-dealkylation sites (N-methyl/N-ethyl adjacent to an activating group) is 1. The quantitative estimate of drug-likeness (QED) is 0.207. The molecule has 1 amide bonds. The van der Waals surface area contributed by atoms with E-state index in [0.717, 1.165) is 29.5 Å². The number of benzene rings is 4. The fraction of sp³-hybridized carbons (Fsp3) is 0.212. The fourth-order valence-corrected chi connectivity index (χ4v) is 4.94. The van der Waals surface area contributed by atoms with Gasteiger partial charge in [-0.3, -0.25) is 9.59 Å². The van der Waals surface area contributed by atoms with Gasteiger partial charge in [-0.1, -0.05) is 74.0 Å². The number of rotatable bonds is 10. The lowest BCUT2D eigenvalue weighted by molar-refractivity contribution is -0.114. The number of ether oxygens (including phenoxy) is 2. The summed E-state index contributed by atoms with van der Waals surface area (Å²) in [7, 11) is 0. The number of hydrogen-bond acceptors (Lipinski definition) is 4. The lowest BCUT2D eigenvalue weighted by Gasteiger charge is -2.21. The number of anilines is 1. The normalized spacial score (nSPS) is 12.5. The van der Waals surface area contributed by atoms with Gasteiger partial charge in [0.15, 0.2) is 0 Å². The Labute approximate surface area is 227 Å². The number of ketones is 1. The number of nitrogens with zero attached hydrogens (tertiary/aromatic N) is 1. The number of aryl methyl sites for hydroxylation is 1. The van der Waals surface area contributed by atoms with E-state index in [-0.39, 0.29) is 24.3 Å². The van der Waals surface area contributed by atoms with Gasteiger partial charge in [0.25, 0.3) is 11.7 Å². The van der Waals surface area contributed by atoms with Crippen molar-refractivity contribution in [3.05, 3.63) is 113 Å². The number of hydrogen-bond donors (Lipinski definition) is 0. The minimum atomic E-state index is -0.734. The lowest BCUT2D eigenvalue weighted by Crippen LogP contribution is -2.29. The SMILES string of the molecule is CCCc1cc(OCc2ccccc2)c(-c2c(F)ccc3c2C(=O)C(=O)N3CC)c(OCc2ccccc2)c1. The van der Waals surface area contributed by atoms with Crippen LogP contribution in [-0.2, 0) is 24.4 Å². The van der Waals surface area contributed by atoms with Crippen LogP contribution in [0.25, 0.3) is 11.1 Å². The molecule has 0 aliphatic carbocycles. The minimum Gasteiger partial charge on any atom is -0.488 e. The maximum Gasteiger partial charge on any atom is 0.299 e. The van der Waals surface area contributed by atoms with Crippen molar-refractivity contribution in [1.29, 1.82) is 0 Å². The van der Waals surface area contributed by atoms with Crippen LogP contribution in [0, 0.1) is 5.82 Å². The Kier molecular flexibility index (Phi) is 7.73. The van der Waals surface area contributed by atoms with Gasteiger partial charge in [-0.15, -0.1) is 0 Å². The Balaban J connectivity index is 1.70. The molecule has 0 fully saturated rings. The molecule has 1 aliphatic heterocycles. The first-order valence-corrected chi connectivity index (χ1v) is 13.2. The van der Waals surface area contributed by atoms with Crippen molar-refractivity contribution in [2.75, 3.05) is 11.4 Å². The highest BCUT2D eigenvalue weighted by atomic mass is 19.1. The van der Waals surface area contributed by atoms with Crippen molar-refractivity contribution >= 4 is 17.4 Å². The van der Waals surface area contributed by atoms with Gasteiger partial charge in [-0.2, -0.15) is 0 Å². The highest BCUT2D eigenvalue weighted by molar-refractivity contribution is 6.53. The van der Waals surface area contributed by atoms with Gasteiger partial charge in [-0.25, -0.2) is 4.39 Å².